The number of hydrogen-bond acceptors (Lipinski definition) is 3. The first-order valence-corrected chi connectivity index (χ1v) is 8.31. The summed E-state index contributed by atoms with van der Waals surface area (Å²) in [4.78, 5) is 8.75. The van der Waals surface area contributed by atoms with Crippen LogP contribution in [0.25, 0.3) is 38.3 Å². The van der Waals surface area contributed by atoms with E-state index in [9.17, 15) is 0 Å². The molecule has 0 N–H and O–H groups in total. The molecule has 0 amide bonds. The van der Waals surface area contributed by atoms with Gasteiger partial charge in [-0.15, -0.1) is 0 Å². The summed E-state index contributed by atoms with van der Waals surface area (Å²) < 4.78 is 2.05. The number of aromatic nitrogens is 4. The van der Waals surface area contributed by atoms with Crippen LogP contribution in [0, 0.1) is 13.8 Å². The molecule has 3 aromatic heterocycles. The highest BCUT2D eigenvalue weighted by Gasteiger charge is 2.14. The van der Waals surface area contributed by atoms with Crippen LogP contribution >= 0.6 is 0 Å². The topological polar surface area (TPSA) is 43.1 Å². The van der Waals surface area contributed by atoms with Gasteiger partial charge in [0.05, 0.1) is 16.7 Å². The molecule has 0 aliphatic carbocycles. The second-order valence-electron chi connectivity index (χ2n) is 6.35. The van der Waals surface area contributed by atoms with Gasteiger partial charge >= 0.3 is 0 Å². The summed E-state index contributed by atoms with van der Waals surface area (Å²) in [6, 6.07) is 17.0. The highest BCUT2D eigenvalue weighted by atomic mass is 15.2. The van der Waals surface area contributed by atoms with Crippen LogP contribution in [-0.4, -0.2) is 19.6 Å². The Hall–Kier alpha value is -3.27. The molecule has 0 aliphatic rings. The van der Waals surface area contributed by atoms with Crippen LogP contribution in [0.15, 0.2) is 60.9 Å². The number of pyridine rings is 1. The van der Waals surface area contributed by atoms with Crippen molar-refractivity contribution in [3.63, 3.8) is 0 Å². The predicted molar refractivity (Wildman–Crippen MR) is 101 cm³/mol. The van der Waals surface area contributed by atoms with Crippen LogP contribution in [0.5, 0.6) is 0 Å². The highest BCUT2D eigenvalue weighted by molar-refractivity contribution is 6.17. The Morgan fingerprint density at radius 2 is 1.56 bits per heavy atom. The van der Waals surface area contributed by atoms with E-state index in [0.717, 1.165) is 33.7 Å². The van der Waals surface area contributed by atoms with Crippen molar-refractivity contribution < 1.29 is 0 Å². The lowest BCUT2D eigenvalue weighted by atomic mass is 9.97. The molecule has 0 radical (unpaired) electrons. The monoisotopic (exact) mass is 324 g/mol. The molecule has 120 valence electrons. The quantitative estimate of drug-likeness (QED) is 0.419. The fourth-order valence-corrected chi connectivity index (χ4v) is 3.57. The zero-order valence-electron chi connectivity index (χ0n) is 14.1. The fourth-order valence-electron chi connectivity index (χ4n) is 3.57. The maximum atomic E-state index is 4.73. The SMILES string of the molecule is Cc1cc2c3ccccc3c3c(-c4cnc(C)nc4)cccc3n2n1. The molecule has 0 saturated carbocycles. The summed E-state index contributed by atoms with van der Waals surface area (Å²) in [7, 11) is 0. The third-order valence-corrected chi connectivity index (χ3v) is 4.67. The number of benzene rings is 2. The zero-order valence-corrected chi connectivity index (χ0v) is 14.1. The van der Waals surface area contributed by atoms with E-state index in [-0.39, 0.29) is 0 Å². The second kappa shape index (κ2) is 5.11. The van der Waals surface area contributed by atoms with E-state index < -0.39 is 0 Å². The van der Waals surface area contributed by atoms with Crippen LogP contribution < -0.4 is 0 Å². The van der Waals surface area contributed by atoms with Gasteiger partial charge in [0.25, 0.3) is 0 Å². The van der Waals surface area contributed by atoms with Crippen LogP contribution in [0.2, 0.25) is 0 Å². The first-order valence-electron chi connectivity index (χ1n) is 8.31. The summed E-state index contributed by atoms with van der Waals surface area (Å²) in [5.74, 6) is 0.777. The molecule has 0 atom stereocenters. The minimum absolute atomic E-state index is 0.777. The Bertz CT molecular complexity index is 1250. The van der Waals surface area contributed by atoms with Crippen molar-refractivity contribution in [2.75, 3.05) is 0 Å². The first kappa shape index (κ1) is 14.1. The fraction of sp³-hybridized carbons (Fsp3) is 0.0952. The van der Waals surface area contributed by atoms with Crippen molar-refractivity contribution in [2.24, 2.45) is 0 Å². The Labute approximate surface area is 144 Å². The van der Waals surface area contributed by atoms with Gasteiger partial charge < -0.3 is 0 Å². The Balaban J connectivity index is 2.03. The van der Waals surface area contributed by atoms with E-state index in [1.807, 2.05) is 30.8 Å². The molecular formula is C21H16N4. The molecule has 0 fully saturated rings. The van der Waals surface area contributed by atoms with Gasteiger partial charge in [-0.2, -0.15) is 5.10 Å². The van der Waals surface area contributed by atoms with Gasteiger partial charge in [-0.1, -0.05) is 36.4 Å². The summed E-state index contributed by atoms with van der Waals surface area (Å²) in [6.07, 6.45) is 3.79. The van der Waals surface area contributed by atoms with Gasteiger partial charge in [0.15, 0.2) is 0 Å². The molecule has 0 spiro atoms. The van der Waals surface area contributed by atoms with Crippen LogP contribution in [0.1, 0.15) is 11.5 Å². The molecule has 25 heavy (non-hydrogen) atoms. The van der Waals surface area contributed by atoms with E-state index in [2.05, 4.69) is 58.5 Å². The molecule has 5 rings (SSSR count). The molecule has 0 bridgehead atoms. The summed E-state index contributed by atoms with van der Waals surface area (Å²) in [5.41, 5.74) is 5.40. The van der Waals surface area contributed by atoms with E-state index in [4.69, 9.17) is 5.10 Å². The van der Waals surface area contributed by atoms with Crippen molar-refractivity contribution in [1.29, 1.82) is 0 Å². The Kier molecular flexibility index (Phi) is 2.88. The number of aryl methyl sites for hydroxylation is 2. The zero-order chi connectivity index (χ0) is 17.0. The Morgan fingerprint density at radius 1 is 0.800 bits per heavy atom. The molecule has 0 unspecified atom stereocenters. The summed E-state index contributed by atoms with van der Waals surface area (Å²) in [5, 5.41) is 8.34. The maximum Gasteiger partial charge on any atom is 0.125 e. The van der Waals surface area contributed by atoms with Crippen molar-refractivity contribution >= 4 is 27.2 Å². The molecule has 0 aliphatic heterocycles. The van der Waals surface area contributed by atoms with Crippen molar-refractivity contribution in [1.82, 2.24) is 19.6 Å². The predicted octanol–water partition coefficient (Wildman–Crippen LogP) is 4.71. The van der Waals surface area contributed by atoms with Crippen LogP contribution in [0.4, 0.5) is 0 Å². The second-order valence-corrected chi connectivity index (χ2v) is 6.35. The molecule has 3 heterocycles. The summed E-state index contributed by atoms with van der Waals surface area (Å²) >= 11 is 0. The van der Waals surface area contributed by atoms with E-state index >= 15 is 0 Å². The molecule has 2 aromatic carbocycles. The maximum absolute atomic E-state index is 4.73. The van der Waals surface area contributed by atoms with Crippen molar-refractivity contribution in [3.05, 3.63) is 72.4 Å². The van der Waals surface area contributed by atoms with E-state index in [0.29, 0.717) is 0 Å². The number of nitrogens with zero attached hydrogens (tertiary/aromatic N) is 4. The smallest absolute Gasteiger partial charge is 0.125 e. The van der Waals surface area contributed by atoms with Gasteiger partial charge in [-0.3, -0.25) is 0 Å². The third kappa shape index (κ3) is 2.04. The largest absolute Gasteiger partial charge is 0.241 e. The van der Waals surface area contributed by atoms with Crippen LogP contribution in [-0.2, 0) is 0 Å². The lowest BCUT2D eigenvalue weighted by molar-refractivity contribution is 0.975. The molecular weight excluding hydrogens is 308 g/mol. The third-order valence-electron chi connectivity index (χ3n) is 4.67. The van der Waals surface area contributed by atoms with E-state index in [1.165, 1.54) is 16.2 Å². The van der Waals surface area contributed by atoms with Gasteiger partial charge in [0.2, 0.25) is 0 Å². The highest BCUT2D eigenvalue weighted by Crippen LogP contribution is 2.36. The molecule has 0 saturated heterocycles. The minimum atomic E-state index is 0.777. The standard InChI is InChI=1S/C21H16N4/c1-13-10-20-17-6-3-4-7-18(17)21-16(15-11-22-14(2)23-12-15)8-5-9-19(21)25(20)24-13/h3-12H,1-2H3. The van der Waals surface area contributed by atoms with Crippen LogP contribution in [0.3, 0.4) is 0 Å². The number of hydrogen-bond donors (Lipinski definition) is 0. The van der Waals surface area contributed by atoms with Gasteiger partial charge in [-0.25, -0.2) is 14.5 Å². The van der Waals surface area contributed by atoms with Gasteiger partial charge in [-0.05, 0) is 36.9 Å². The molecule has 4 nitrogen and oxygen atoms in total. The molecule has 4 heteroatoms. The lowest BCUT2D eigenvalue weighted by Gasteiger charge is -2.12. The van der Waals surface area contributed by atoms with Gasteiger partial charge in [0, 0.05) is 28.7 Å². The normalized spacial score (nSPS) is 11.6. The minimum Gasteiger partial charge on any atom is -0.241 e. The van der Waals surface area contributed by atoms with E-state index in [1.54, 1.807) is 0 Å². The Morgan fingerprint density at radius 3 is 2.36 bits per heavy atom. The van der Waals surface area contributed by atoms with Gasteiger partial charge in [0.1, 0.15) is 5.82 Å². The summed E-state index contributed by atoms with van der Waals surface area (Å²) in [6.45, 7) is 3.93. The first-order chi connectivity index (χ1) is 12.2. The average Bonchev–Trinajstić information content (AvgIpc) is 3.04. The average molecular weight is 324 g/mol. The van der Waals surface area contributed by atoms with Crippen molar-refractivity contribution in [2.45, 2.75) is 13.8 Å². The lowest BCUT2D eigenvalue weighted by Crippen LogP contribution is -1.95. The number of fused-ring (bicyclic) bond motifs is 6. The molecule has 5 aromatic rings. The van der Waals surface area contributed by atoms with Crippen molar-refractivity contribution in [3.8, 4) is 11.1 Å². The number of rotatable bonds is 1.